The van der Waals surface area contributed by atoms with Gasteiger partial charge in [0, 0.05) is 0 Å². The molecule has 0 saturated heterocycles. The second-order valence-electron chi connectivity index (χ2n) is 3.43. The van der Waals surface area contributed by atoms with Crippen molar-refractivity contribution < 1.29 is 0 Å². The molecule has 0 nitrogen and oxygen atoms in total. The maximum absolute atomic E-state index is 2.80. The van der Waals surface area contributed by atoms with Gasteiger partial charge in [0.1, 0.15) is 0 Å². The molecular weight excluding hydrogens is 139 g/mol. The van der Waals surface area contributed by atoms with Gasteiger partial charge in [-0.15, -0.1) is 9.24 Å². The van der Waals surface area contributed by atoms with Crippen LogP contribution in [0.15, 0.2) is 0 Å². The van der Waals surface area contributed by atoms with Gasteiger partial charge in [0.05, 0.1) is 0 Å². The van der Waals surface area contributed by atoms with Crippen LogP contribution in [-0.2, 0) is 0 Å². The van der Waals surface area contributed by atoms with Crippen molar-refractivity contribution in [1.82, 2.24) is 0 Å². The molecule has 0 aromatic carbocycles. The third kappa shape index (κ3) is 3.01. The van der Waals surface area contributed by atoms with E-state index in [0.29, 0.717) is 0 Å². The van der Waals surface area contributed by atoms with Crippen LogP contribution in [0.4, 0.5) is 0 Å². The Balaban J connectivity index is 1.76. The standard InChI is InChI=1S/C9H19P/c10-8-3-1-2-5-9-6-4-7-9/h9H,1-8,10H2. The van der Waals surface area contributed by atoms with E-state index in [-0.39, 0.29) is 0 Å². The Labute approximate surface area is 67.0 Å². The molecule has 0 amide bonds. The Morgan fingerprint density at radius 1 is 1.10 bits per heavy atom. The maximum atomic E-state index is 2.80. The second-order valence-corrected chi connectivity index (χ2v) is 4.01. The molecule has 1 unspecified atom stereocenters. The van der Waals surface area contributed by atoms with Crippen LogP contribution in [-0.4, -0.2) is 6.16 Å². The van der Waals surface area contributed by atoms with Gasteiger partial charge in [-0.3, -0.25) is 0 Å². The highest BCUT2D eigenvalue weighted by Gasteiger charge is 2.15. The summed E-state index contributed by atoms with van der Waals surface area (Å²) in [6, 6.07) is 0. The maximum Gasteiger partial charge on any atom is -0.0381 e. The minimum atomic E-state index is 1.13. The summed E-state index contributed by atoms with van der Waals surface area (Å²) in [5.41, 5.74) is 0. The van der Waals surface area contributed by atoms with Crippen molar-refractivity contribution in [1.29, 1.82) is 0 Å². The molecule has 0 aromatic heterocycles. The van der Waals surface area contributed by atoms with Crippen molar-refractivity contribution in [3.8, 4) is 0 Å². The molecule has 0 radical (unpaired) electrons. The van der Waals surface area contributed by atoms with Gasteiger partial charge in [-0.25, -0.2) is 0 Å². The van der Waals surface area contributed by atoms with Crippen LogP contribution in [0.25, 0.3) is 0 Å². The second kappa shape index (κ2) is 5.13. The average Bonchev–Trinajstić information content (AvgIpc) is 1.84. The summed E-state index contributed by atoms with van der Waals surface area (Å²) < 4.78 is 0. The summed E-state index contributed by atoms with van der Waals surface area (Å²) >= 11 is 0. The van der Waals surface area contributed by atoms with Gasteiger partial charge >= 0.3 is 0 Å². The quantitative estimate of drug-likeness (QED) is 0.425. The van der Waals surface area contributed by atoms with Crippen molar-refractivity contribution in [2.45, 2.75) is 44.9 Å². The summed E-state index contributed by atoms with van der Waals surface area (Å²) in [7, 11) is 2.80. The van der Waals surface area contributed by atoms with Crippen LogP contribution in [0.2, 0.25) is 0 Å². The van der Waals surface area contributed by atoms with Gasteiger partial charge in [-0.1, -0.05) is 38.5 Å². The van der Waals surface area contributed by atoms with E-state index in [9.17, 15) is 0 Å². The van der Waals surface area contributed by atoms with E-state index in [4.69, 9.17) is 0 Å². The summed E-state index contributed by atoms with van der Waals surface area (Å²) in [5, 5.41) is 0. The first kappa shape index (κ1) is 8.53. The largest absolute Gasteiger partial charge is 0.138 e. The molecule has 0 aliphatic heterocycles. The smallest absolute Gasteiger partial charge is 0.0381 e. The molecule has 0 bridgehead atoms. The van der Waals surface area contributed by atoms with Crippen LogP contribution in [0.3, 0.4) is 0 Å². The zero-order valence-corrected chi connectivity index (χ0v) is 7.97. The van der Waals surface area contributed by atoms with E-state index >= 15 is 0 Å². The highest BCUT2D eigenvalue weighted by molar-refractivity contribution is 7.16. The molecule has 0 spiro atoms. The van der Waals surface area contributed by atoms with Crippen molar-refractivity contribution in [3.05, 3.63) is 0 Å². The molecule has 0 N–H and O–H groups in total. The van der Waals surface area contributed by atoms with Crippen LogP contribution in [0.5, 0.6) is 0 Å². The Morgan fingerprint density at radius 2 is 1.90 bits per heavy atom. The average molecular weight is 158 g/mol. The van der Waals surface area contributed by atoms with Crippen molar-refractivity contribution in [3.63, 3.8) is 0 Å². The van der Waals surface area contributed by atoms with E-state index in [0.717, 1.165) is 5.92 Å². The minimum absolute atomic E-state index is 1.13. The van der Waals surface area contributed by atoms with E-state index in [1.165, 1.54) is 51.1 Å². The molecule has 0 heterocycles. The summed E-state index contributed by atoms with van der Waals surface area (Å²) in [6.07, 6.45) is 11.7. The van der Waals surface area contributed by atoms with E-state index in [1.54, 1.807) is 0 Å². The lowest BCUT2D eigenvalue weighted by atomic mass is 9.82. The molecule has 1 aliphatic rings. The van der Waals surface area contributed by atoms with Gasteiger partial charge < -0.3 is 0 Å². The van der Waals surface area contributed by atoms with Gasteiger partial charge in [-0.05, 0) is 18.5 Å². The van der Waals surface area contributed by atoms with Gasteiger partial charge in [-0.2, -0.15) is 0 Å². The fourth-order valence-electron chi connectivity index (χ4n) is 1.54. The predicted molar refractivity (Wildman–Crippen MR) is 50.4 cm³/mol. The van der Waals surface area contributed by atoms with Crippen molar-refractivity contribution >= 4 is 9.24 Å². The molecule has 1 atom stereocenters. The molecule has 60 valence electrons. The molecular formula is C9H19P. The number of hydrogen-bond donors (Lipinski definition) is 0. The molecule has 1 fully saturated rings. The van der Waals surface area contributed by atoms with Crippen LogP contribution in [0.1, 0.15) is 44.9 Å². The van der Waals surface area contributed by atoms with Gasteiger partial charge in [0.2, 0.25) is 0 Å². The highest BCUT2D eigenvalue weighted by Crippen LogP contribution is 2.30. The topological polar surface area (TPSA) is 0 Å². The monoisotopic (exact) mass is 158 g/mol. The number of hydrogen-bond acceptors (Lipinski definition) is 0. The van der Waals surface area contributed by atoms with Crippen molar-refractivity contribution in [2.75, 3.05) is 6.16 Å². The molecule has 1 saturated carbocycles. The highest BCUT2D eigenvalue weighted by atomic mass is 31.0. The molecule has 1 rings (SSSR count). The van der Waals surface area contributed by atoms with E-state index < -0.39 is 0 Å². The third-order valence-corrected chi connectivity index (χ3v) is 2.95. The first-order valence-corrected chi connectivity index (χ1v) is 5.45. The zero-order chi connectivity index (χ0) is 7.23. The molecule has 1 heteroatoms. The van der Waals surface area contributed by atoms with Gasteiger partial charge in [0.15, 0.2) is 0 Å². The number of unbranched alkanes of at least 4 members (excludes halogenated alkanes) is 2. The SMILES string of the molecule is PCCCCCC1CCC1. The normalized spacial score (nSPS) is 18.9. The lowest BCUT2D eigenvalue weighted by Crippen LogP contribution is -2.10. The summed E-state index contributed by atoms with van der Waals surface area (Å²) in [6.45, 7) is 0. The number of rotatable bonds is 5. The van der Waals surface area contributed by atoms with E-state index in [2.05, 4.69) is 9.24 Å². The lowest BCUT2D eigenvalue weighted by Gasteiger charge is -2.24. The van der Waals surface area contributed by atoms with E-state index in [1.807, 2.05) is 0 Å². The Bertz CT molecular complexity index is 76.8. The molecule has 0 aromatic rings. The Hall–Kier alpha value is 0.430. The molecule has 1 aliphatic carbocycles. The first-order valence-electron chi connectivity index (χ1n) is 4.63. The van der Waals surface area contributed by atoms with Crippen LogP contribution in [0, 0.1) is 5.92 Å². The van der Waals surface area contributed by atoms with Crippen molar-refractivity contribution in [2.24, 2.45) is 5.92 Å². The fourth-order valence-corrected chi connectivity index (χ4v) is 1.82. The van der Waals surface area contributed by atoms with Gasteiger partial charge in [0.25, 0.3) is 0 Å². The lowest BCUT2D eigenvalue weighted by molar-refractivity contribution is 0.287. The fraction of sp³-hybridized carbons (Fsp3) is 1.00. The summed E-state index contributed by atoms with van der Waals surface area (Å²) in [4.78, 5) is 0. The zero-order valence-electron chi connectivity index (χ0n) is 6.81. The van der Waals surface area contributed by atoms with Crippen LogP contribution >= 0.6 is 9.24 Å². The Kier molecular flexibility index (Phi) is 4.37. The minimum Gasteiger partial charge on any atom is -0.138 e. The predicted octanol–water partition coefficient (Wildman–Crippen LogP) is 3.22. The van der Waals surface area contributed by atoms with Crippen LogP contribution < -0.4 is 0 Å². The summed E-state index contributed by atoms with van der Waals surface area (Å²) in [5.74, 6) is 1.13. The molecule has 10 heavy (non-hydrogen) atoms. The Morgan fingerprint density at radius 3 is 2.40 bits per heavy atom. The third-order valence-electron chi connectivity index (χ3n) is 2.54. The first-order chi connectivity index (χ1) is 4.93.